The average molecular weight is 871 g/mol. The maximum Gasteiger partial charge on any atom is 0.407 e. The number of aromatic hydroxyl groups is 2. The summed E-state index contributed by atoms with van der Waals surface area (Å²) in [6.45, 7) is 8.65. The molecule has 3 aliphatic carbocycles. The first-order valence-corrected chi connectivity index (χ1v) is 20.9. The van der Waals surface area contributed by atoms with Gasteiger partial charge in [0, 0.05) is 59.7 Å². The van der Waals surface area contributed by atoms with Crippen molar-refractivity contribution in [3.63, 3.8) is 0 Å². The number of ether oxygens (including phenoxy) is 4. The summed E-state index contributed by atoms with van der Waals surface area (Å²) < 4.78 is 22.8. The molecule has 2 aliphatic heterocycles. The van der Waals surface area contributed by atoms with Crippen molar-refractivity contribution < 1.29 is 78.4 Å². The summed E-state index contributed by atoms with van der Waals surface area (Å²) in [5.41, 5.74) is -4.45. The van der Waals surface area contributed by atoms with E-state index in [0.717, 1.165) is 19.3 Å². The zero-order valence-electron chi connectivity index (χ0n) is 35.9. The summed E-state index contributed by atoms with van der Waals surface area (Å²) in [5.74, 6) is -5.42. The number of nitrogens with zero attached hydrogens (tertiary/aromatic N) is 1. The number of hydrogen-bond donors (Lipinski definition) is 7. The van der Waals surface area contributed by atoms with Gasteiger partial charge in [0.2, 0.25) is 0 Å². The number of allylic oxidation sites excluding steroid dienone is 3. The molecule has 7 N–H and O–H groups in total. The number of hydrogen-bond acceptors (Lipinski definition) is 16. The lowest BCUT2D eigenvalue weighted by atomic mass is 9.71. The molecular weight excluding hydrogens is 812 g/mol. The first-order chi connectivity index (χ1) is 29.1. The van der Waals surface area contributed by atoms with Gasteiger partial charge in [-0.1, -0.05) is 18.2 Å². The van der Waals surface area contributed by atoms with Gasteiger partial charge in [0.25, 0.3) is 0 Å². The molecular formula is C44H58N2O16. The normalized spacial score (nSPS) is 29.4. The monoisotopic (exact) mass is 870 g/mol. The van der Waals surface area contributed by atoms with Crippen LogP contribution in [0.2, 0.25) is 0 Å². The molecule has 2 fully saturated rings. The highest BCUT2D eigenvalue weighted by Gasteiger charge is 2.51. The molecule has 18 nitrogen and oxygen atoms in total. The number of phenols is 2. The van der Waals surface area contributed by atoms with Gasteiger partial charge < -0.3 is 54.9 Å². The molecule has 0 radical (unpaired) electrons. The van der Waals surface area contributed by atoms with Gasteiger partial charge in [0.1, 0.15) is 36.4 Å². The van der Waals surface area contributed by atoms with Crippen molar-refractivity contribution in [3.05, 3.63) is 57.2 Å². The number of rotatable bonds is 14. The first-order valence-electron chi connectivity index (χ1n) is 20.9. The molecule has 2 saturated heterocycles. The summed E-state index contributed by atoms with van der Waals surface area (Å²) in [4.78, 5) is 72.0. The summed E-state index contributed by atoms with van der Waals surface area (Å²) in [5, 5.41) is 70.2. The van der Waals surface area contributed by atoms with E-state index in [-0.39, 0.29) is 51.8 Å². The third-order valence-electron chi connectivity index (χ3n) is 12.6. The Hall–Kier alpha value is -4.53. The first kappa shape index (κ1) is 47.0. The van der Waals surface area contributed by atoms with E-state index in [1.54, 1.807) is 6.08 Å². The van der Waals surface area contributed by atoms with Crippen LogP contribution >= 0.6 is 0 Å². The number of aliphatic carboxylic acids is 1. The molecule has 1 aromatic carbocycles. The second-order valence-corrected chi connectivity index (χ2v) is 17.9. The van der Waals surface area contributed by atoms with Crippen LogP contribution in [-0.2, 0) is 39.8 Å². The Morgan fingerprint density at radius 2 is 1.71 bits per heavy atom. The van der Waals surface area contributed by atoms with Gasteiger partial charge in [0.05, 0.1) is 47.7 Å². The predicted octanol–water partition coefficient (Wildman–Crippen LogP) is 3.40. The second kappa shape index (κ2) is 18.3. The number of nitrogens with one attached hydrogen (secondary N) is 1. The van der Waals surface area contributed by atoms with Crippen LogP contribution in [0.25, 0.3) is 0 Å². The number of benzene rings is 1. The molecule has 0 aromatic heterocycles. The topological polar surface area (TPSA) is 268 Å². The minimum absolute atomic E-state index is 0.0150. The highest BCUT2D eigenvalue weighted by molar-refractivity contribution is 6.30. The molecule has 1 aromatic rings. The lowest BCUT2D eigenvalue weighted by Gasteiger charge is -2.51. The molecule has 7 atom stereocenters. The highest BCUT2D eigenvalue weighted by atomic mass is 16.7. The number of fused-ring (bicyclic) bond motifs is 2. The van der Waals surface area contributed by atoms with E-state index in [4.69, 9.17) is 23.8 Å². The summed E-state index contributed by atoms with van der Waals surface area (Å²) in [6, 6.07) is -1.12. The lowest BCUT2D eigenvalue weighted by Crippen LogP contribution is -2.58. The number of carboxylic acids is 1. The minimum atomic E-state index is -2.38. The molecule has 2 unspecified atom stereocenters. The van der Waals surface area contributed by atoms with Crippen molar-refractivity contribution in [2.24, 2.45) is 0 Å². The zero-order valence-corrected chi connectivity index (χ0v) is 35.9. The van der Waals surface area contributed by atoms with Crippen molar-refractivity contribution in [1.82, 2.24) is 10.4 Å². The van der Waals surface area contributed by atoms with E-state index in [2.05, 4.69) is 33.0 Å². The fourth-order valence-corrected chi connectivity index (χ4v) is 9.50. The van der Waals surface area contributed by atoms with Crippen LogP contribution in [0, 0.1) is 0 Å². The lowest BCUT2D eigenvalue weighted by molar-refractivity contribution is -0.280. The number of carboxylic acid groups (broad SMARTS) is 1. The van der Waals surface area contributed by atoms with Crippen LogP contribution in [-0.4, -0.2) is 139 Å². The maximum atomic E-state index is 14.0. The van der Waals surface area contributed by atoms with Crippen molar-refractivity contribution in [2.75, 3.05) is 26.9 Å². The largest absolute Gasteiger partial charge is 0.507 e. The number of ketones is 3. The second-order valence-electron chi connectivity index (χ2n) is 17.9. The molecule has 5 aliphatic rings. The summed E-state index contributed by atoms with van der Waals surface area (Å²) in [6.07, 6.45) is 0.0592. The molecule has 2 heterocycles. The molecule has 340 valence electrons. The number of aliphatic hydroxyl groups is 3. The molecule has 0 bridgehead atoms. The van der Waals surface area contributed by atoms with Gasteiger partial charge in [-0.25, -0.2) is 9.59 Å². The third-order valence-corrected chi connectivity index (χ3v) is 12.6. The smallest absolute Gasteiger partial charge is 0.407 e. The van der Waals surface area contributed by atoms with Crippen LogP contribution in [0.3, 0.4) is 0 Å². The minimum Gasteiger partial charge on any atom is -0.507 e. The number of alkyl carbamates (subject to hydrolysis) is 1. The van der Waals surface area contributed by atoms with E-state index in [0.29, 0.717) is 19.4 Å². The van der Waals surface area contributed by atoms with Crippen LogP contribution in [0.15, 0.2) is 34.9 Å². The zero-order chi connectivity index (χ0) is 45.5. The number of carbonyl (C=O) groups excluding carboxylic acids is 4. The number of unbranched alkanes of at least 4 members (excludes halogenated alkanes) is 1. The molecule has 6 rings (SSSR count). The van der Waals surface area contributed by atoms with Gasteiger partial charge in [-0.05, 0) is 73.1 Å². The highest BCUT2D eigenvalue weighted by Crippen LogP contribution is 2.52. The Morgan fingerprint density at radius 3 is 2.35 bits per heavy atom. The number of amides is 1. The van der Waals surface area contributed by atoms with Crippen LogP contribution < -0.4 is 5.32 Å². The van der Waals surface area contributed by atoms with Crippen LogP contribution in [0.1, 0.15) is 124 Å². The SMILES string of the molecule is COC1CC=CC2=C1C(=O)c1c(O)c3c(c(O)c1C2=O)C[C@](O)(C(=O)CO)C[C@H]3O[C@@H]1CC(NC(=O)OC/C(=C/CCCON2C(C)(C)CCCC2(C)C)C(=O)O)[C@@H](O)[C@@H](C)O1. The molecule has 0 saturated carbocycles. The Morgan fingerprint density at radius 1 is 1.03 bits per heavy atom. The van der Waals surface area contributed by atoms with E-state index in [1.807, 2.05) is 5.06 Å². The van der Waals surface area contributed by atoms with Crippen molar-refractivity contribution in [3.8, 4) is 11.5 Å². The Balaban J connectivity index is 1.16. The quantitative estimate of drug-likeness (QED) is 0.0802. The third kappa shape index (κ3) is 9.10. The van der Waals surface area contributed by atoms with E-state index < -0.39 is 120 Å². The van der Waals surface area contributed by atoms with E-state index in [9.17, 15) is 54.6 Å². The standard InChI is InChI=1S/C44H58N2O16/c1-22-35(49)26(45-41(56)59-21-23(40(54)55)11-7-8-16-60-46-42(2,3)14-10-15-43(46,4)5)17-30(61-22)62-28-19-44(57,29(48)20-47)18-25-32(28)39(53)34-33(37(25)51)36(50)24-12-9-13-27(58-6)31(24)38(34)52/h9,11-12,22,26-28,30,35,47,49,51,53,57H,7-8,10,13-21H2,1-6H3,(H,45,56)(H,54,55)/b23-11-/t22-,26?,27?,28-,30-,35+,44-/m1/s1. The Kier molecular flexibility index (Phi) is 13.9. The van der Waals surface area contributed by atoms with E-state index >= 15 is 0 Å². The number of piperidine rings is 1. The molecule has 18 heteroatoms. The predicted molar refractivity (Wildman–Crippen MR) is 217 cm³/mol. The fourth-order valence-electron chi connectivity index (χ4n) is 9.50. The van der Waals surface area contributed by atoms with Gasteiger partial charge in [-0.2, -0.15) is 5.06 Å². The molecule has 1 amide bonds. The van der Waals surface area contributed by atoms with Gasteiger partial charge in [-0.15, -0.1) is 0 Å². The number of carbonyl (C=O) groups is 5. The van der Waals surface area contributed by atoms with Crippen molar-refractivity contribution in [2.45, 2.75) is 146 Å². The van der Waals surface area contributed by atoms with Gasteiger partial charge >= 0.3 is 12.1 Å². The van der Waals surface area contributed by atoms with Crippen molar-refractivity contribution in [1.29, 1.82) is 0 Å². The average Bonchev–Trinajstić information content (AvgIpc) is 3.20. The summed E-state index contributed by atoms with van der Waals surface area (Å²) >= 11 is 0. The van der Waals surface area contributed by atoms with E-state index in [1.165, 1.54) is 26.2 Å². The van der Waals surface area contributed by atoms with Crippen LogP contribution in [0.4, 0.5) is 4.79 Å². The number of hydroxylamine groups is 2. The number of Topliss-reactive ketones (excluding diaryl/α,β-unsaturated/α-hetero) is 3. The summed E-state index contributed by atoms with van der Waals surface area (Å²) in [7, 11) is 1.36. The Labute approximate surface area is 359 Å². The fraction of sp³-hybridized carbons (Fsp3) is 0.614. The number of phenolic OH excluding ortho intramolecular Hbond substituents is 2. The van der Waals surface area contributed by atoms with Gasteiger partial charge in [0.15, 0.2) is 23.6 Å². The van der Waals surface area contributed by atoms with Crippen LogP contribution in [0.5, 0.6) is 11.5 Å². The molecule has 0 spiro atoms. The number of aliphatic hydroxyl groups excluding tert-OH is 2. The van der Waals surface area contributed by atoms with Crippen molar-refractivity contribution >= 4 is 29.4 Å². The number of methoxy groups -OCH3 is 1. The molecule has 62 heavy (non-hydrogen) atoms. The maximum absolute atomic E-state index is 14.0. The Bertz CT molecular complexity index is 2060. The van der Waals surface area contributed by atoms with Gasteiger partial charge in [-0.3, -0.25) is 19.2 Å².